The molecule has 0 radical (unpaired) electrons. The first kappa shape index (κ1) is 37.5. The summed E-state index contributed by atoms with van der Waals surface area (Å²) < 4.78 is 0. The molecule has 1 rings (SSSR count). The van der Waals surface area contributed by atoms with E-state index >= 15 is 0 Å². The molecule has 1 saturated carbocycles. The van der Waals surface area contributed by atoms with E-state index in [4.69, 9.17) is 0 Å². The van der Waals surface area contributed by atoms with Gasteiger partial charge in [-0.25, -0.2) is 0 Å². The van der Waals surface area contributed by atoms with Crippen molar-refractivity contribution >= 4 is 0 Å². The topological polar surface area (TPSA) is 0 Å². The van der Waals surface area contributed by atoms with Crippen molar-refractivity contribution in [3.63, 3.8) is 0 Å². The summed E-state index contributed by atoms with van der Waals surface area (Å²) >= 11 is 0. The summed E-state index contributed by atoms with van der Waals surface area (Å²) in [5.74, 6) is 2.61. The monoisotopic (exact) mass is 386 g/mol. The van der Waals surface area contributed by atoms with E-state index in [1.165, 1.54) is 64.2 Å². The van der Waals surface area contributed by atoms with Crippen LogP contribution in [0, 0.1) is 17.8 Å². The summed E-state index contributed by atoms with van der Waals surface area (Å²) in [7, 11) is 0. The highest BCUT2D eigenvalue weighted by Gasteiger charge is 1.96. The fraction of sp³-hybridized carbons (Fsp3) is 0.926. The van der Waals surface area contributed by atoms with Gasteiger partial charge in [0.1, 0.15) is 0 Å². The molecule has 0 aromatic heterocycles. The largest absolute Gasteiger partial charge is 0.103 e. The van der Waals surface area contributed by atoms with E-state index in [2.05, 4.69) is 68.9 Å². The molecule has 0 aromatic rings. The van der Waals surface area contributed by atoms with Crippen molar-refractivity contribution in [2.45, 2.75) is 147 Å². The average molecular weight is 387 g/mol. The first-order valence-electron chi connectivity index (χ1n) is 12.3. The van der Waals surface area contributed by atoms with Gasteiger partial charge >= 0.3 is 0 Å². The Hall–Kier alpha value is -0.260. The van der Waals surface area contributed by atoms with Crippen LogP contribution in [0.25, 0.3) is 0 Å². The zero-order valence-corrected chi connectivity index (χ0v) is 22.1. The molecule has 0 aromatic carbocycles. The van der Waals surface area contributed by atoms with Gasteiger partial charge in [0.2, 0.25) is 0 Å². The van der Waals surface area contributed by atoms with E-state index in [-0.39, 0.29) is 0 Å². The molecule has 0 aliphatic heterocycles. The Labute approximate surface area is 178 Å². The minimum Gasteiger partial charge on any atom is -0.103 e. The van der Waals surface area contributed by atoms with Gasteiger partial charge in [0, 0.05) is 0 Å². The molecule has 0 spiro atoms. The molecule has 0 amide bonds. The van der Waals surface area contributed by atoms with Gasteiger partial charge in [-0.2, -0.15) is 0 Å². The van der Waals surface area contributed by atoms with Crippen LogP contribution in [0.1, 0.15) is 147 Å². The van der Waals surface area contributed by atoms with Crippen LogP contribution >= 0.6 is 0 Å². The van der Waals surface area contributed by atoms with Crippen LogP contribution in [-0.2, 0) is 0 Å². The zero-order chi connectivity index (χ0) is 22.5. The van der Waals surface area contributed by atoms with Crippen LogP contribution in [0.5, 0.6) is 0 Å². The van der Waals surface area contributed by atoms with Crippen LogP contribution < -0.4 is 0 Å². The fourth-order valence-corrected chi connectivity index (χ4v) is 1.69. The van der Waals surface area contributed by atoms with Crippen molar-refractivity contribution in [1.82, 2.24) is 0 Å². The van der Waals surface area contributed by atoms with Gasteiger partial charge in [0.25, 0.3) is 0 Å². The summed E-state index contributed by atoms with van der Waals surface area (Å²) in [6.45, 7) is 29.3. The normalized spacial score (nSPS) is 11.4. The van der Waals surface area contributed by atoms with Crippen molar-refractivity contribution in [3.8, 4) is 0 Å². The molecule has 0 bridgehead atoms. The molecule has 0 heteroatoms. The lowest BCUT2D eigenvalue weighted by atomic mass is 10.0. The average Bonchev–Trinajstić information content (AvgIpc) is 3.18. The zero-order valence-electron chi connectivity index (χ0n) is 22.1. The van der Waals surface area contributed by atoms with E-state index in [0.717, 1.165) is 17.8 Å². The first-order valence-corrected chi connectivity index (χ1v) is 12.3. The number of allylic oxidation sites excluding steroid dienone is 1. The molecule has 170 valence electrons. The second-order valence-corrected chi connectivity index (χ2v) is 8.26. The van der Waals surface area contributed by atoms with Gasteiger partial charge in [-0.1, -0.05) is 146 Å². The Bertz CT molecular complexity index is 171. The number of hydrogen-bond acceptors (Lipinski definition) is 0. The lowest BCUT2D eigenvalue weighted by Crippen LogP contribution is -1.95. The Morgan fingerprint density at radius 3 is 1.11 bits per heavy atom. The van der Waals surface area contributed by atoms with E-state index in [1.807, 2.05) is 20.8 Å². The van der Waals surface area contributed by atoms with E-state index < -0.39 is 0 Å². The fourth-order valence-electron chi connectivity index (χ4n) is 1.69. The summed E-state index contributed by atoms with van der Waals surface area (Å²) in [5, 5.41) is 0. The standard InChI is InChI=1S/C8H18.C6H14.C5H10.C3H8.C3H6.C2H6/c1-4-5-6-7-8(2)3;1-5(2)6(3)4;1-2-4-5-3-1;2*1-3-2;1-2/h8H,4-7H2,1-3H3;5-6H,1-4H3;1-5H2;3H2,1-2H3;3H,1H2,2H3;1-2H3. The third kappa shape index (κ3) is 76.8. The number of rotatable bonds is 5. The van der Waals surface area contributed by atoms with Crippen LogP contribution in [0.15, 0.2) is 12.7 Å². The summed E-state index contributed by atoms with van der Waals surface area (Å²) in [6, 6.07) is 0. The minimum atomic E-state index is 0.852. The van der Waals surface area contributed by atoms with Crippen molar-refractivity contribution in [3.05, 3.63) is 12.7 Å². The number of unbranched alkanes of at least 4 members (excludes halogenated alkanes) is 2. The lowest BCUT2D eigenvalue weighted by Gasteiger charge is -2.05. The van der Waals surface area contributed by atoms with Gasteiger partial charge in [-0.05, 0) is 24.7 Å². The lowest BCUT2D eigenvalue weighted by molar-refractivity contribution is 0.457. The Morgan fingerprint density at radius 2 is 0.963 bits per heavy atom. The molecule has 0 atom stereocenters. The van der Waals surface area contributed by atoms with Crippen molar-refractivity contribution < 1.29 is 0 Å². The highest BCUT2D eigenvalue weighted by Crippen LogP contribution is 2.15. The SMILES string of the molecule is C1CCCC1.C=CC.CC.CC(C)C(C)C.CCC.CCCCCC(C)C. The maximum Gasteiger partial charge on any atom is -0.0448 e. The van der Waals surface area contributed by atoms with E-state index in [0.29, 0.717) is 0 Å². The van der Waals surface area contributed by atoms with Crippen LogP contribution in [0.2, 0.25) is 0 Å². The Kier molecular flexibility index (Phi) is 56.1. The number of hydrogen-bond donors (Lipinski definition) is 0. The third-order valence-corrected chi connectivity index (χ3v) is 3.97. The molecular weight excluding hydrogens is 324 g/mol. The van der Waals surface area contributed by atoms with Gasteiger partial charge in [-0.3, -0.25) is 0 Å². The van der Waals surface area contributed by atoms with Gasteiger partial charge in [0.05, 0.1) is 0 Å². The molecule has 0 N–H and O–H groups in total. The smallest absolute Gasteiger partial charge is 0.0448 e. The van der Waals surface area contributed by atoms with Crippen molar-refractivity contribution in [2.24, 2.45) is 17.8 Å². The second kappa shape index (κ2) is 40.4. The van der Waals surface area contributed by atoms with Gasteiger partial charge in [0.15, 0.2) is 0 Å². The van der Waals surface area contributed by atoms with Gasteiger partial charge in [-0.15, -0.1) is 6.58 Å². The highest BCUT2D eigenvalue weighted by molar-refractivity contribution is 4.51. The Morgan fingerprint density at radius 1 is 0.704 bits per heavy atom. The van der Waals surface area contributed by atoms with Crippen molar-refractivity contribution in [1.29, 1.82) is 0 Å². The molecule has 1 aliphatic rings. The predicted molar refractivity (Wildman–Crippen MR) is 135 cm³/mol. The minimum absolute atomic E-state index is 0.852. The molecule has 1 aliphatic carbocycles. The first-order chi connectivity index (χ1) is 12.7. The molecule has 0 unspecified atom stereocenters. The molecule has 0 saturated heterocycles. The predicted octanol–water partition coefficient (Wildman–Crippen LogP) is 11.1. The van der Waals surface area contributed by atoms with Crippen LogP contribution in [0.3, 0.4) is 0 Å². The highest BCUT2D eigenvalue weighted by atomic mass is 14.0. The molecular formula is C27H62. The quantitative estimate of drug-likeness (QED) is 0.325. The molecule has 0 nitrogen and oxygen atoms in total. The summed E-state index contributed by atoms with van der Waals surface area (Å²) in [4.78, 5) is 0. The molecule has 1 fully saturated rings. The van der Waals surface area contributed by atoms with Crippen LogP contribution in [0.4, 0.5) is 0 Å². The van der Waals surface area contributed by atoms with Gasteiger partial charge < -0.3 is 0 Å². The maximum atomic E-state index is 3.36. The Balaban J connectivity index is -0.0000000763. The van der Waals surface area contributed by atoms with E-state index in [1.54, 1.807) is 6.08 Å². The maximum absolute atomic E-state index is 3.36. The summed E-state index contributed by atoms with van der Waals surface area (Å²) in [5.41, 5.74) is 0. The van der Waals surface area contributed by atoms with Crippen LogP contribution in [-0.4, -0.2) is 0 Å². The summed E-state index contributed by atoms with van der Waals surface area (Å²) in [6.07, 6.45) is 16.1. The van der Waals surface area contributed by atoms with Crippen molar-refractivity contribution in [2.75, 3.05) is 0 Å². The molecule has 27 heavy (non-hydrogen) atoms. The second-order valence-electron chi connectivity index (χ2n) is 8.26. The van der Waals surface area contributed by atoms with E-state index in [9.17, 15) is 0 Å². The third-order valence-electron chi connectivity index (χ3n) is 3.97. The molecule has 0 heterocycles.